The number of nitrogens with two attached hydrogens (primary N) is 1. The first-order chi connectivity index (χ1) is 8.00. The number of carboxylic acids is 1. The molecule has 0 saturated carbocycles. The Labute approximate surface area is 97.3 Å². The van der Waals surface area contributed by atoms with Crippen molar-refractivity contribution in [2.75, 3.05) is 4.90 Å². The monoisotopic (exact) mass is 236 g/mol. The van der Waals surface area contributed by atoms with E-state index in [0.29, 0.717) is 5.69 Å². The van der Waals surface area contributed by atoms with Crippen molar-refractivity contribution in [3.05, 3.63) is 24.3 Å². The zero-order valence-corrected chi connectivity index (χ0v) is 8.91. The van der Waals surface area contributed by atoms with Crippen LogP contribution in [-0.2, 0) is 9.59 Å². The van der Waals surface area contributed by atoms with E-state index < -0.39 is 24.0 Å². The first-order valence-electron chi connectivity index (χ1n) is 5.11. The lowest BCUT2D eigenvalue weighted by molar-refractivity contribution is -0.138. The van der Waals surface area contributed by atoms with Gasteiger partial charge in [-0.05, 0) is 12.1 Å². The maximum absolute atomic E-state index is 11.8. The molecule has 1 saturated heterocycles. The molecule has 0 unspecified atom stereocenters. The SMILES string of the molecule is N[C@H]1C[C@@H](C(=O)O)N(c2cccc(O)c2)C1=O. The van der Waals surface area contributed by atoms with Gasteiger partial charge < -0.3 is 15.9 Å². The molecule has 90 valence electrons. The number of hydrogen-bond acceptors (Lipinski definition) is 4. The second-order valence-electron chi connectivity index (χ2n) is 3.92. The summed E-state index contributed by atoms with van der Waals surface area (Å²) in [4.78, 5) is 24.0. The Kier molecular flexibility index (Phi) is 2.72. The molecule has 2 rings (SSSR count). The number of amides is 1. The molecule has 1 amide bonds. The molecule has 0 spiro atoms. The number of phenolic OH excluding ortho intramolecular Hbond substituents is 1. The van der Waals surface area contributed by atoms with Gasteiger partial charge in [-0.1, -0.05) is 6.07 Å². The zero-order chi connectivity index (χ0) is 12.6. The maximum Gasteiger partial charge on any atom is 0.326 e. The third-order valence-corrected chi connectivity index (χ3v) is 2.74. The second kappa shape index (κ2) is 4.06. The second-order valence-corrected chi connectivity index (χ2v) is 3.92. The smallest absolute Gasteiger partial charge is 0.326 e. The van der Waals surface area contributed by atoms with Crippen LogP contribution in [0.4, 0.5) is 5.69 Å². The van der Waals surface area contributed by atoms with Crippen molar-refractivity contribution in [3.8, 4) is 5.75 Å². The van der Waals surface area contributed by atoms with Crippen LogP contribution < -0.4 is 10.6 Å². The van der Waals surface area contributed by atoms with Gasteiger partial charge in [-0.2, -0.15) is 0 Å². The molecule has 17 heavy (non-hydrogen) atoms. The molecule has 1 aromatic carbocycles. The van der Waals surface area contributed by atoms with E-state index in [0.717, 1.165) is 4.90 Å². The summed E-state index contributed by atoms with van der Waals surface area (Å²) in [7, 11) is 0. The Hall–Kier alpha value is -2.08. The van der Waals surface area contributed by atoms with E-state index in [4.69, 9.17) is 10.8 Å². The topological polar surface area (TPSA) is 104 Å². The van der Waals surface area contributed by atoms with Gasteiger partial charge in [0.1, 0.15) is 11.8 Å². The molecular formula is C11H12N2O4. The van der Waals surface area contributed by atoms with Crippen molar-refractivity contribution in [1.29, 1.82) is 0 Å². The number of aromatic hydroxyl groups is 1. The molecule has 0 bridgehead atoms. The van der Waals surface area contributed by atoms with Crippen LogP contribution in [0.2, 0.25) is 0 Å². The molecule has 1 aliphatic heterocycles. The Bertz CT molecular complexity index is 474. The molecule has 4 N–H and O–H groups in total. The third-order valence-electron chi connectivity index (χ3n) is 2.74. The van der Waals surface area contributed by atoms with Gasteiger partial charge in [0.15, 0.2) is 0 Å². The maximum atomic E-state index is 11.8. The number of rotatable bonds is 2. The van der Waals surface area contributed by atoms with Crippen molar-refractivity contribution in [2.24, 2.45) is 5.73 Å². The fourth-order valence-corrected chi connectivity index (χ4v) is 1.94. The van der Waals surface area contributed by atoms with Crippen LogP contribution in [0.15, 0.2) is 24.3 Å². The van der Waals surface area contributed by atoms with Gasteiger partial charge in [0.25, 0.3) is 0 Å². The lowest BCUT2D eigenvalue weighted by Crippen LogP contribution is -2.40. The van der Waals surface area contributed by atoms with Gasteiger partial charge >= 0.3 is 5.97 Å². The van der Waals surface area contributed by atoms with Crippen LogP contribution in [0, 0.1) is 0 Å². The summed E-state index contributed by atoms with van der Waals surface area (Å²) in [5.74, 6) is -1.57. The summed E-state index contributed by atoms with van der Waals surface area (Å²) in [5.41, 5.74) is 5.90. The van der Waals surface area contributed by atoms with Gasteiger partial charge in [-0.3, -0.25) is 9.69 Å². The molecule has 6 nitrogen and oxygen atoms in total. The number of benzene rings is 1. The molecule has 0 aliphatic carbocycles. The third kappa shape index (κ3) is 1.94. The highest BCUT2D eigenvalue weighted by molar-refractivity contribution is 6.05. The molecule has 1 aliphatic rings. The number of aliphatic carboxylic acids is 1. The van der Waals surface area contributed by atoms with Gasteiger partial charge in [0.2, 0.25) is 5.91 Å². The molecule has 2 atom stereocenters. The summed E-state index contributed by atoms with van der Waals surface area (Å²) in [6.07, 6.45) is 0.0732. The summed E-state index contributed by atoms with van der Waals surface area (Å²) < 4.78 is 0. The predicted octanol–water partition coefficient (Wildman–Crippen LogP) is -0.0906. The Morgan fingerprint density at radius 2 is 2.18 bits per heavy atom. The molecule has 1 fully saturated rings. The fourth-order valence-electron chi connectivity index (χ4n) is 1.94. The fraction of sp³-hybridized carbons (Fsp3) is 0.273. The summed E-state index contributed by atoms with van der Waals surface area (Å²) >= 11 is 0. The molecule has 0 aromatic heterocycles. The number of carbonyl (C=O) groups excluding carboxylic acids is 1. The highest BCUT2D eigenvalue weighted by atomic mass is 16.4. The van der Waals surface area contributed by atoms with Crippen LogP contribution in [0.3, 0.4) is 0 Å². The number of hydrogen-bond donors (Lipinski definition) is 3. The summed E-state index contributed by atoms with van der Waals surface area (Å²) in [6.45, 7) is 0. The van der Waals surface area contributed by atoms with Gasteiger partial charge in [-0.15, -0.1) is 0 Å². The van der Waals surface area contributed by atoms with Gasteiger partial charge in [0, 0.05) is 18.2 Å². The zero-order valence-electron chi connectivity index (χ0n) is 8.91. The Morgan fingerprint density at radius 3 is 2.76 bits per heavy atom. The largest absolute Gasteiger partial charge is 0.508 e. The van der Waals surface area contributed by atoms with Crippen LogP contribution >= 0.6 is 0 Å². The van der Waals surface area contributed by atoms with Crippen molar-refractivity contribution >= 4 is 17.6 Å². The molecule has 0 radical (unpaired) electrons. The van der Waals surface area contributed by atoms with Crippen LogP contribution in [0.5, 0.6) is 5.75 Å². The number of carboxylic acid groups (broad SMARTS) is 1. The quantitative estimate of drug-likeness (QED) is 0.665. The molecular weight excluding hydrogens is 224 g/mol. The normalized spacial score (nSPS) is 24.1. The van der Waals surface area contributed by atoms with E-state index in [-0.39, 0.29) is 12.2 Å². The minimum absolute atomic E-state index is 0.0279. The van der Waals surface area contributed by atoms with Crippen molar-refractivity contribution in [2.45, 2.75) is 18.5 Å². The standard InChI is InChI=1S/C11H12N2O4/c12-8-5-9(11(16)17)13(10(8)15)6-2-1-3-7(14)4-6/h1-4,8-9,14H,5,12H2,(H,16,17)/t8-,9-/m0/s1. The molecule has 1 heterocycles. The first kappa shape index (κ1) is 11.4. The van der Waals surface area contributed by atoms with E-state index in [9.17, 15) is 14.7 Å². The minimum atomic E-state index is -1.10. The highest BCUT2D eigenvalue weighted by Gasteiger charge is 2.42. The summed E-state index contributed by atoms with van der Waals surface area (Å²) in [6, 6.07) is 4.11. The van der Waals surface area contributed by atoms with Crippen LogP contribution in [0.25, 0.3) is 0 Å². The lowest BCUT2D eigenvalue weighted by atomic mass is 10.2. The average molecular weight is 236 g/mol. The van der Waals surface area contributed by atoms with Crippen LogP contribution in [0.1, 0.15) is 6.42 Å². The minimum Gasteiger partial charge on any atom is -0.508 e. The number of phenols is 1. The van der Waals surface area contributed by atoms with Gasteiger partial charge in [-0.25, -0.2) is 4.79 Å². The highest BCUT2D eigenvalue weighted by Crippen LogP contribution is 2.28. The van der Waals surface area contributed by atoms with Gasteiger partial charge in [0.05, 0.1) is 6.04 Å². The van der Waals surface area contributed by atoms with E-state index in [1.165, 1.54) is 12.1 Å². The summed E-state index contributed by atoms with van der Waals surface area (Å²) in [5, 5.41) is 18.4. The van der Waals surface area contributed by atoms with E-state index >= 15 is 0 Å². The predicted molar refractivity (Wildman–Crippen MR) is 59.6 cm³/mol. The number of anilines is 1. The van der Waals surface area contributed by atoms with Crippen molar-refractivity contribution in [3.63, 3.8) is 0 Å². The number of nitrogens with zero attached hydrogens (tertiary/aromatic N) is 1. The number of carbonyl (C=O) groups is 2. The van der Waals surface area contributed by atoms with E-state index in [2.05, 4.69) is 0 Å². The lowest BCUT2D eigenvalue weighted by Gasteiger charge is -2.21. The van der Waals surface area contributed by atoms with E-state index in [1.54, 1.807) is 12.1 Å². The Morgan fingerprint density at radius 1 is 1.47 bits per heavy atom. The Balaban J connectivity index is 2.41. The van der Waals surface area contributed by atoms with Crippen molar-refractivity contribution in [1.82, 2.24) is 0 Å². The first-order valence-corrected chi connectivity index (χ1v) is 5.11. The molecule has 1 aromatic rings. The average Bonchev–Trinajstić information content (AvgIpc) is 2.56. The van der Waals surface area contributed by atoms with E-state index in [1.807, 2.05) is 0 Å². The van der Waals surface area contributed by atoms with Crippen LogP contribution in [-0.4, -0.2) is 34.2 Å². The molecule has 6 heteroatoms. The van der Waals surface area contributed by atoms with Crippen molar-refractivity contribution < 1.29 is 19.8 Å².